The number of halogens is 18. The normalized spacial score (nSPS) is 27.0. The van der Waals surface area contributed by atoms with Crippen LogP contribution in [-0.2, 0) is 14.3 Å². The van der Waals surface area contributed by atoms with E-state index in [2.05, 4.69) is 0 Å². The van der Waals surface area contributed by atoms with Gasteiger partial charge >= 0.3 is 62.9 Å². The molecule has 0 atom stereocenters. The van der Waals surface area contributed by atoms with E-state index in [0.29, 0.717) is 0 Å². The Morgan fingerprint density at radius 3 is 1.03 bits per heavy atom. The summed E-state index contributed by atoms with van der Waals surface area (Å²) in [7, 11) is -8.99. The number of rotatable bonds is 4. The van der Waals surface area contributed by atoms with Gasteiger partial charge in [-0.15, -0.1) is 0 Å². The predicted molar refractivity (Wildman–Crippen MR) is 54.5 cm³/mol. The Kier molecular flexibility index (Phi) is 5.50. The molecular formula is C9F18O3S. The molecule has 1 saturated carbocycles. The Morgan fingerprint density at radius 2 is 0.774 bits per heavy atom. The van der Waals surface area contributed by atoms with E-state index in [4.69, 9.17) is 0 Å². The summed E-state index contributed by atoms with van der Waals surface area (Å²) in [6.07, 6.45) is -14.9. The van der Waals surface area contributed by atoms with E-state index < -0.39 is 62.9 Å². The van der Waals surface area contributed by atoms with E-state index in [0.717, 1.165) is 0 Å². The van der Waals surface area contributed by atoms with Crippen molar-refractivity contribution in [1.82, 2.24) is 0 Å². The minimum Gasteiger partial charge on any atom is -0.222 e. The molecule has 22 heteroatoms. The molecule has 0 saturated heterocycles. The Labute approximate surface area is 156 Å². The lowest BCUT2D eigenvalue weighted by molar-refractivity contribution is -0.499. The third-order valence-corrected chi connectivity index (χ3v) is 5.04. The van der Waals surface area contributed by atoms with E-state index >= 15 is 0 Å². The van der Waals surface area contributed by atoms with Crippen LogP contribution in [0, 0.1) is 0 Å². The van der Waals surface area contributed by atoms with Crippen molar-refractivity contribution in [2.24, 2.45) is 0 Å². The molecule has 1 fully saturated rings. The van der Waals surface area contributed by atoms with Gasteiger partial charge in [0.2, 0.25) is 0 Å². The molecule has 1 aliphatic rings. The van der Waals surface area contributed by atoms with Gasteiger partial charge in [0.25, 0.3) is 0 Å². The highest BCUT2D eigenvalue weighted by Crippen LogP contribution is 2.73. The molecule has 1 aliphatic carbocycles. The average Bonchev–Trinajstić information content (AvgIpc) is 2.49. The van der Waals surface area contributed by atoms with Crippen LogP contribution in [-0.4, -0.2) is 61.2 Å². The van der Waals surface area contributed by atoms with Gasteiger partial charge in [0.05, 0.1) is 0 Å². The maximum atomic E-state index is 14.1. The molecule has 31 heavy (non-hydrogen) atoms. The summed E-state index contributed by atoms with van der Waals surface area (Å²) < 4.78 is 257. The molecule has 0 spiro atoms. The lowest BCUT2D eigenvalue weighted by Gasteiger charge is -2.53. The molecule has 0 aromatic heterocycles. The van der Waals surface area contributed by atoms with Crippen molar-refractivity contribution in [2.45, 2.75) is 52.8 Å². The van der Waals surface area contributed by atoms with Crippen molar-refractivity contribution in [2.75, 3.05) is 0 Å². The zero-order valence-electron chi connectivity index (χ0n) is 12.9. The first kappa shape index (κ1) is 27.7. The fourth-order valence-electron chi connectivity index (χ4n) is 2.00. The lowest BCUT2D eigenvalue weighted by Crippen LogP contribution is -2.88. The van der Waals surface area contributed by atoms with E-state index in [1.807, 2.05) is 0 Å². The van der Waals surface area contributed by atoms with Crippen LogP contribution in [0.4, 0.5) is 79.0 Å². The van der Waals surface area contributed by atoms with Crippen LogP contribution in [0.5, 0.6) is 0 Å². The highest BCUT2D eigenvalue weighted by Gasteiger charge is 3.06. The molecule has 0 radical (unpaired) electrons. The van der Waals surface area contributed by atoms with Crippen molar-refractivity contribution in [3.8, 4) is 0 Å². The van der Waals surface area contributed by atoms with Crippen molar-refractivity contribution < 1.29 is 91.6 Å². The van der Waals surface area contributed by atoms with Gasteiger partial charge in [-0.05, 0) is 0 Å². The molecular weight excluding hydrogens is 530 g/mol. The smallest absolute Gasteiger partial charge is 0.222 e. The standard InChI is InChI=1S/C9F18O3S/c10-1(9(26,27)31(28,29)30-8(24,25)7(21,22)23)2(11,12)4(15,16)6(19,20)5(17,18)3(1,13)14. The van der Waals surface area contributed by atoms with Crippen molar-refractivity contribution in [1.29, 1.82) is 0 Å². The van der Waals surface area contributed by atoms with E-state index in [1.165, 1.54) is 4.18 Å². The molecule has 186 valence electrons. The first-order valence-corrected chi connectivity index (χ1v) is 7.72. The summed E-state index contributed by atoms with van der Waals surface area (Å²) in [5.74, 6) is -41.8. The fourth-order valence-corrected chi connectivity index (χ4v) is 3.07. The third-order valence-electron chi connectivity index (χ3n) is 3.70. The second kappa shape index (κ2) is 6.16. The van der Waals surface area contributed by atoms with Crippen molar-refractivity contribution in [3.63, 3.8) is 0 Å². The minimum atomic E-state index is -8.99. The highest BCUT2D eigenvalue weighted by atomic mass is 32.2. The highest BCUT2D eigenvalue weighted by molar-refractivity contribution is 7.87. The summed E-state index contributed by atoms with van der Waals surface area (Å²) >= 11 is 0. The zero-order valence-corrected chi connectivity index (χ0v) is 13.8. The molecule has 1 rings (SSSR count). The topological polar surface area (TPSA) is 43.4 Å². The van der Waals surface area contributed by atoms with Gasteiger partial charge in [-0.1, -0.05) is 0 Å². The largest absolute Gasteiger partial charge is 0.484 e. The zero-order chi connectivity index (χ0) is 25.7. The molecule has 0 aromatic carbocycles. The summed E-state index contributed by atoms with van der Waals surface area (Å²) in [5.41, 5.74) is -8.78. The third kappa shape index (κ3) is 2.77. The van der Waals surface area contributed by atoms with E-state index in [1.54, 1.807) is 0 Å². The van der Waals surface area contributed by atoms with Crippen molar-refractivity contribution >= 4 is 10.1 Å². The second-order valence-electron chi connectivity index (χ2n) is 5.60. The maximum absolute atomic E-state index is 14.1. The molecule has 0 unspecified atom stereocenters. The second-order valence-corrected chi connectivity index (χ2v) is 7.19. The van der Waals surface area contributed by atoms with Crippen molar-refractivity contribution in [3.05, 3.63) is 0 Å². The lowest BCUT2D eigenvalue weighted by atomic mass is 9.72. The SMILES string of the molecule is O=S(=O)(OC(F)(F)C(F)(F)F)C(F)(F)C1(F)C(F)(F)C(F)(F)C(F)(F)C(F)(F)C1(F)F. The van der Waals surface area contributed by atoms with Crippen LogP contribution < -0.4 is 0 Å². The molecule has 0 aliphatic heterocycles. The van der Waals surface area contributed by atoms with Gasteiger partial charge in [0.15, 0.2) is 0 Å². The monoisotopic (exact) mass is 530 g/mol. The van der Waals surface area contributed by atoms with Gasteiger partial charge < -0.3 is 0 Å². The molecule has 3 nitrogen and oxygen atoms in total. The molecule has 0 heterocycles. The fraction of sp³-hybridized carbons (Fsp3) is 1.00. The Balaban J connectivity index is 3.99. The van der Waals surface area contributed by atoms with Crippen LogP contribution in [0.25, 0.3) is 0 Å². The maximum Gasteiger partial charge on any atom is 0.484 e. The summed E-state index contributed by atoms with van der Waals surface area (Å²) in [6.45, 7) is 0. The van der Waals surface area contributed by atoms with E-state index in [-0.39, 0.29) is 0 Å². The van der Waals surface area contributed by atoms with Gasteiger partial charge in [-0.3, -0.25) is 0 Å². The number of hydrogen-bond acceptors (Lipinski definition) is 3. The Morgan fingerprint density at radius 1 is 0.516 bits per heavy atom. The number of hydrogen-bond donors (Lipinski definition) is 0. The van der Waals surface area contributed by atoms with Gasteiger partial charge in [-0.2, -0.15) is 87.2 Å². The van der Waals surface area contributed by atoms with Crippen LogP contribution in [0.2, 0.25) is 0 Å². The summed E-state index contributed by atoms with van der Waals surface area (Å²) in [4.78, 5) is 0. The molecule has 0 N–H and O–H groups in total. The van der Waals surface area contributed by atoms with Gasteiger partial charge in [-0.25, -0.2) is 4.39 Å². The summed E-state index contributed by atoms with van der Waals surface area (Å²) in [5, 5.41) is -8.56. The molecule has 0 bridgehead atoms. The quantitative estimate of drug-likeness (QED) is 0.381. The van der Waals surface area contributed by atoms with Crippen LogP contribution in [0.15, 0.2) is 0 Å². The molecule has 0 aromatic rings. The molecule has 0 amide bonds. The summed E-state index contributed by atoms with van der Waals surface area (Å²) in [6, 6.07) is 0. The van der Waals surface area contributed by atoms with Gasteiger partial charge in [0.1, 0.15) is 0 Å². The predicted octanol–water partition coefficient (Wildman–Crippen LogP) is 4.98. The number of alkyl halides is 18. The first-order chi connectivity index (χ1) is 13.0. The Hall–Kier alpha value is -1.35. The van der Waals surface area contributed by atoms with Gasteiger partial charge in [0, 0.05) is 0 Å². The van der Waals surface area contributed by atoms with E-state index in [9.17, 15) is 87.4 Å². The van der Waals surface area contributed by atoms with Crippen LogP contribution >= 0.6 is 0 Å². The first-order valence-electron chi connectivity index (χ1n) is 6.31. The Bertz CT molecular complexity index is 808. The van der Waals surface area contributed by atoms with Crippen LogP contribution in [0.1, 0.15) is 0 Å². The minimum absolute atomic E-state index is 1.33. The average molecular weight is 530 g/mol. The van der Waals surface area contributed by atoms with Crippen LogP contribution in [0.3, 0.4) is 0 Å².